The Kier molecular flexibility index (Phi) is 5.69. The number of nitrogens with zero attached hydrogens (tertiary/aromatic N) is 3. The van der Waals surface area contributed by atoms with E-state index in [9.17, 15) is 9.59 Å². The van der Waals surface area contributed by atoms with Gasteiger partial charge in [-0.2, -0.15) is 0 Å². The molecule has 2 aliphatic rings. The van der Waals surface area contributed by atoms with Gasteiger partial charge in [0.1, 0.15) is 0 Å². The highest BCUT2D eigenvalue weighted by Crippen LogP contribution is 2.30. The molecule has 0 atom stereocenters. The number of fused-ring (bicyclic) bond motifs is 2. The van der Waals surface area contributed by atoms with Crippen molar-refractivity contribution in [2.24, 2.45) is 5.92 Å². The largest absolute Gasteiger partial charge is 0.349 e. The minimum Gasteiger partial charge on any atom is -0.349 e. The number of carbonyl (C=O) groups is 2. The van der Waals surface area contributed by atoms with E-state index in [0.717, 1.165) is 56.5 Å². The zero-order chi connectivity index (χ0) is 20.4. The highest BCUT2D eigenvalue weighted by Gasteiger charge is 2.31. The number of amides is 2. The van der Waals surface area contributed by atoms with Gasteiger partial charge in [0, 0.05) is 25.3 Å². The lowest BCUT2D eigenvalue weighted by molar-refractivity contribution is 0.0936. The molecule has 6 nitrogen and oxygen atoms in total. The van der Waals surface area contributed by atoms with Crippen LogP contribution in [0.15, 0.2) is 24.3 Å². The number of rotatable bonds is 5. The van der Waals surface area contributed by atoms with Crippen molar-refractivity contribution in [1.29, 1.82) is 0 Å². The average Bonchev–Trinajstić information content (AvgIpc) is 3.12. The topological polar surface area (TPSA) is 67.2 Å². The van der Waals surface area contributed by atoms with Gasteiger partial charge in [-0.25, -0.2) is 4.98 Å². The third kappa shape index (κ3) is 3.93. The van der Waals surface area contributed by atoms with Gasteiger partial charge in [-0.15, -0.1) is 0 Å². The molecule has 1 aromatic carbocycles. The molecule has 0 bridgehead atoms. The lowest BCUT2D eigenvalue weighted by Gasteiger charge is -2.29. The van der Waals surface area contributed by atoms with E-state index in [4.69, 9.17) is 0 Å². The predicted octanol–water partition coefficient (Wildman–Crippen LogP) is 3.59. The van der Waals surface area contributed by atoms with Gasteiger partial charge in [0.15, 0.2) is 11.5 Å². The molecule has 1 N–H and O–H groups in total. The van der Waals surface area contributed by atoms with Crippen LogP contribution in [-0.2, 0) is 19.4 Å². The van der Waals surface area contributed by atoms with Crippen molar-refractivity contribution >= 4 is 17.5 Å². The second kappa shape index (κ2) is 8.39. The van der Waals surface area contributed by atoms with Gasteiger partial charge in [0.2, 0.25) is 0 Å². The third-order valence-electron chi connectivity index (χ3n) is 5.89. The van der Waals surface area contributed by atoms with Crippen LogP contribution in [0.4, 0.5) is 5.69 Å². The fraction of sp³-hybridized carbons (Fsp3) is 0.522. The third-order valence-corrected chi connectivity index (χ3v) is 5.89. The van der Waals surface area contributed by atoms with Crippen LogP contribution in [0.25, 0.3) is 0 Å². The summed E-state index contributed by atoms with van der Waals surface area (Å²) < 4.78 is 1.97. The highest BCUT2D eigenvalue weighted by atomic mass is 16.2. The lowest BCUT2D eigenvalue weighted by Crippen LogP contribution is -2.36. The van der Waals surface area contributed by atoms with Crippen LogP contribution in [0.5, 0.6) is 0 Å². The molecule has 6 heteroatoms. The van der Waals surface area contributed by atoms with Gasteiger partial charge in [0.25, 0.3) is 11.8 Å². The van der Waals surface area contributed by atoms with E-state index < -0.39 is 0 Å². The van der Waals surface area contributed by atoms with Crippen LogP contribution in [0, 0.1) is 5.92 Å². The number of carbonyl (C=O) groups excluding carboxylic acids is 2. The number of anilines is 1. The Balaban J connectivity index is 1.64. The normalized spacial score (nSPS) is 15.8. The summed E-state index contributed by atoms with van der Waals surface area (Å²) in [5.74, 6) is 0.661. The quantitative estimate of drug-likeness (QED) is 0.843. The summed E-state index contributed by atoms with van der Waals surface area (Å²) in [5.41, 5.74) is 3.55. The molecule has 0 unspecified atom stereocenters. The molecule has 1 aromatic heterocycles. The summed E-state index contributed by atoms with van der Waals surface area (Å²) in [5, 5.41) is 2.98. The summed E-state index contributed by atoms with van der Waals surface area (Å²) in [7, 11) is 0. The molecular formula is C23H30N4O2. The lowest BCUT2D eigenvalue weighted by atomic mass is 10.0. The second-order valence-electron chi connectivity index (χ2n) is 8.47. The fourth-order valence-electron chi connectivity index (χ4n) is 4.31. The minimum atomic E-state index is -0.174. The Labute approximate surface area is 172 Å². The maximum absolute atomic E-state index is 13.5. The summed E-state index contributed by atoms with van der Waals surface area (Å²) in [6, 6.07) is 8.09. The van der Waals surface area contributed by atoms with Crippen molar-refractivity contribution in [3.8, 4) is 0 Å². The van der Waals surface area contributed by atoms with Crippen molar-refractivity contribution in [3.05, 3.63) is 47.0 Å². The monoisotopic (exact) mass is 394 g/mol. The standard InChI is InChI=1S/C23H30N4O2/c1-16(2)12-13-24-22(28)21-25-20(19-11-5-6-14-26(19)21)23(29)27-15-7-9-17-8-3-4-10-18(17)27/h3-4,8,10,16H,5-7,9,11-15H2,1-2H3,(H,24,28). The molecule has 2 amide bonds. The van der Waals surface area contributed by atoms with Crippen LogP contribution < -0.4 is 10.2 Å². The molecule has 0 fully saturated rings. The number of imidazole rings is 1. The SMILES string of the molecule is CC(C)CCNC(=O)c1nc(C(=O)N2CCCc3ccccc32)c2n1CCCC2. The first-order valence-electron chi connectivity index (χ1n) is 10.8. The van der Waals surface area contributed by atoms with Crippen LogP contribution in [0.3, 0.4) is 0 Å². The van der Waals surface area contributed by atoms with Crippen molar-refractivity contribution in [2.45, 2.75) is 58.9 Å². The molecule has 0 aliphatic carbocycles. The Morgan fingerprint density at radius 3 is 2.76 bits per heavy atom. The molecule has 154 valence electrons. The van der Waals surface area contributed by atoms with E-state index in [1.54, 1.807) is 0 Å². The maximum Gasteiger partial charge on any atom is 0.287 e. The first kappa shape index (κ1) is 19.7. The van der Waals surface area contributed by atoms with E-state index in [0.29, 0.717) is 30.5 Å². The Hall–Kier alpha value is -2.63. The molecule has 29 heavy (non-hydrogen) atoms. The van der Waals surface area contributed by atoms with Crippen molar-refractivity contribution in [2.75, 3.05) is 18.0 Å². The van der Waals surface area contributed by atoms with Gasteiger partial charge in [0.05, 0.1) is 5.69 Å². The zero-order valence-corrected chi connectivity index (χ0v) is 17.4. The number of para-hydroxylation sites is 1. The molecular weight excluding hydrogens is 364 g/mol. The molecule has 2 aromatic rings. The summed E-state index contributed by atoms with van der Waals surface area (Å²) in [6.07, 6.45) is 5.69. The highest BCUT2D eigenvalue weighted by molar-refractivity contribution is 6.07. The molecule has 2 aliphatic heterocycles. The van der Waals surface area contributed by atoms with Crippen LogP contribution in [0.1, 0.15) is 71.9 Å². The van der Waals surface area contributed by atoms with Crippen molar-refractivity contribution in [1.82, 2.24) is 14.9 Å². The minimum absolute atomic E-state index is 0.0796. The van der Waals surface area contributed by atoms with E-state index in [-0.39, 0.29) is 11.8 Å². The summed E-state index contributed by atoms with van der Waals surface area (Å²) >= 11 is 0. The van der Waals surface area contributed by atoms with Crippen LogP contribution in [0.2, 0.25) is 0 Å². The number of hydrogen-bond donors (Lipinski definition) is 1. The number of hydrogen-bond acceptors (Lipinski definition) is 3. The van der Waals surface area contributed by atoms with Gasteiger partial charge < -0.3 is 14.8 Å². The van der Waals surface area contributed by atoms with E-state index in [1.807, 2.05) is 27.7 Å². The van der Waals surface area contributed by atoms with Crippen molar-refractivity contribution < 1.29 is 9.59 Å². The van der Waals surface area contributed by atoms with Gasteiger partial charge >= 0.3 is 0 Å². The molecule has 0 radical (unpaired) electrons. The summed E-state index contributed by atoms with van der Waals surface area (Å²) in [6.45, 7) is 6.34. The van der Waals surface area contributed by atoms with E-state index >= 15 is 0 Å². The first-order valence-corrected chi connectivity index (χ1v) is 10.8. The maximum atomic E-state index is 13.5. The smallest absolute Gasteiger partial charge is 0.287 e. The number of nitrogens with one attached hydrogen (secondary N) is 1. The van der Waals surface area contributed by atoms with E-state index in [1.165, 1.54) is 5.56 Å². The predicted molar refractivity (Wildman–Crippen MR) is 113 cm³/mol. The van der Waals surface area contributed by atoms with Crippen LogP contribution >= 0.6 is 0 Å². The van der Waals surface area contributed by atoms with E-state index in [2.05, 4.69) is 30.2 Å². The van der Waals surface area contributed by atoms with Crippen LogP contribution in [-0.4, -0.2) is 34.5 Å². The first-order chi connectivity index (χ1) is 14.1. The molecule has 0 saturated heterocycles. The second-order valence-corrected chi connectivity index (χ2v) is 8.47. The fourth-order valence-corrected chi connectivity index (χ4v) is 4.31. The zero-order valence-electron chi connectivity index (χ0n) is 17.4. The summed E-state index contributed by atoms with van der Waals surface area (Å²) in [4.78, 5) is 32.7. The number of aromatic nitrogens is 2. The van der Waals surface area contributed by atoms with Crippen molar-refractivity contribution in [3.63, 3.8) is 0 Å². The Morgan fingerprint density at radius 2 is 1.93 bits per heavy atom. The Bertz CT molecular complexity index is 916. The average molecular weight is 395 g/mol. The number of aryl methyl sites for hydroxylation is 1. The Morgan fingerprint density at radius 1 is 1.10 bits per heavy atom. The van der Waals surface area contributed by atoms with Gasteiger partial charge in [-0.05, 0) is 56.1 Å². The molecule has 4 rings (SSSR count). The molecule has 0 saturated carbocycles. The van der Waals surface area contributed by atoms with Gasteiger partial charge in [-0.1, -0.05) is 32.0 Å². The van der Waals surface area contributed by atoms with Gasteiger partial charge in [-0.3, -0.25) is 9.59 Å². The molecule has 0 spiro atoms. The number of benzene rings is 1. The molecule has 3 heterocycles.